The molecule has 0 aliphatic carbocycles. The zero-order chi connectivity index (χ0) is 27.8. The maximum absolute atomic E-state index is 12.4. The number of rotatable bonds is 13. The Labute approximate surface area is 229 Å². The predicted molar refractivity (Wildman–Crippen MR) is 161 cm³/mol. The van der Waals surface area contributed by atoms with Gasteiger partial charge in [-0.25, -0.2) is 0 Å². The summed E-state index contributed by atoms with van der Waals surface area (Å²) in [5.41, 5.74) is 11.3. The molecule has 0 aromatic heterocycles. The Balaban J connectivity index is 0.00000247. The highest BCUT2D eigenvalue weighted by molar-refractivity contribution is 6.03. The lowest BCUT2D eigenvalue weighted by Gasteiger charge is -2.18. The molecule has 5 heteroatoms. The molecular formula is C33H45N3O2. The summed E-state index contributed by atoms with van der Waals surface area (Å²) in [7, 11) is 0. The van der Waals surface area contributed by atoms with Crippen LogP contribution in [0.2, 0.25) is 0 Å². The third-order valence-corrected chi connectivity index (χ3v) is 6.07. The Morgan fingerprint density at radius 3 is 2.05 bits per heavy atom. The standard InChI is InChI=1S/C31H39N3O2.C2H6/c1-4-6-8-28(7-5-2)36-29-19-15-26(16-20-29)25-13-17-27(18-14-25)34-31(35)30(32)22-33-21-24-11-9-23(3)10-12-24;1-2/h9-20,22,28,33H,4-8,21,32H2,1-3H3,(H,34,35);1-2H3/b30-22-;. The van der Waals surface area contributed by atoms with Crippen molar-refractivity contribution < 1.29 is 9.53 Å². The Kier molecular flexibility index (Phi) is 13.6. The number of amides is 1. The fraction of sp³-hybridized carbons (Fsp3) is 0.364. The zero-order valence-corrected chi connectivity index (χ0v) is 23.7. The van der Waals surface area contributed by atoms with Crippen LogP contribution in [-0.2, 0) is 11.3 Å². The first-order chi connectivity index (χ1) is 18.5. The van der Waals surface area contributed by atoms with Gasteiger partial charge in [-0.05, 0) is 60.7 Å². The zero-order valence-electron chi connectivity index (χ0n) is 23.7. The van der Waals surface area contributed by atoms with Gasteiger partial charge in [0.2, 0.25) is 0 Å². The third kappa shape index (κ3) is 10.3. The molecule has 0 fully saturated rings. The third-order valence-electron chi connectivity index (χ3n) is 6.07. The van der Waals surface area contributed by atoms with Crippen LogP contribution in [0.1, 0.15) is 70.9 Å². The molecule has 3 rings (SSSR count). The molecule has 0 saturated carbocycles. The van der Waals surface area contributed by atoms with Crippen molar-refractivity contribution in [3.05, 3.63) is 95.8 Å². The lowest BCUT2D eigenvalue weighted by Crippen LogP contribution is -2.22. The average molecular weight is 516 g/mol. The summed E-state index contributed by atoms with van der Waals surface area (Å²) in [5.74, 6) is 0.570. The molecule has 4 N–H and O–H groups in total. The van der Waals surface area contributed by atoms with E-state index in [4.69, 9.17) is 10.5 Å². The first kappa shape index (κ1) is 30.5. The largest absolute Gasteiger partial charge is 0.490 e. The van der Waals surface area contributed by atoms with E-state index in [-0.39, 0.29) is 17.7 Å². The van der Waals surface area contributed by atoms with Gasteiger partial charge in [0.15, 0.2) is 0 Å². The molecular weight excluding hydrogens is 470 g/mol. The number of carbonyl (C=O) groups excluding carboxylic acids is 1. The van der Waals surface area contributed by atoms with Crippen molar-refractivity contribution in [1.82, 2.24) is 5.32 Å². The van der Waals surface area contributed by atoms with E-state index in [0.29, 0.717) is 12.2 Å². The van der Waals surface area contributed by atoms with Gasteiger partial charge in [-0.3, -0.25) is 4.79 Å². The van der Waals surface area contributed by atoms with Crippen molar-refractivity contribution in [2.24, 2.45) is 5.73 Å². The topological polar surface area (TPSA) is 76.4 Å². The minimum absolute atomic E-state index is 0.127. The number of nitrogens with two attached hydrogens (primary N) is 1. The van der Waals surface area contributed by atoms with Crippen molar-refractivity contribution in [3.63, 3.8) is 0 Å². The molecule has 0 spiro atoms. The van der Waals surface area contributed by atoms with Gasteiger partial charge in [-0.15, -0.1) is 0 Å². The van der Waals surface area contributed by atoms with Crippen LogP contribution in [0.5, 0.6) is 5.75 Å². The lowest BCUT2D eigenvalue weighted by molar-refractivity contribution is -0.112. The van der Waals surface area contributed by atoms with Gasteiger partial charge in [0.1, 0.15) is 11.4 Å². The first-order valence-corrected chi connectivity index (χ1v) is 13.9. The molecule has 5 nitrogen and oxygen atoms in total. The Bertz CT molecular complexity index is 1100. The number of hydrogen-bond acceptors (Lipinski definition) is 4. The van der Waals surface area contributed by atoms with Crippen molar-refractivity contribution in [2.45, 2.75) is 79.4 Å². The molecule has 1 atom stereocenters. The molecule has 38 heavy (non-hydrogen) atoms. The number of aryl methyl sites for hydroxylation is 1. The van der Waals surface area contributed by atoms with E-state index in [2.05, 4.69) is 55.7 Å². The lowest BCUT2D eigenvalue weighted by atomic mass is 10.0. The van der Waals surface area contributed by atoms with E-state index < -0.39 is 0 Å². The van der Waals surface area contributed by atoms with E-state index in [1.165, 1.54) is 18.4 Å². The summed E-state index contributed by atoms with van der Waals surface area (Å²) in [6, 6.07) is 24.2. The Morgan fingerprint density at radius 2 is 1.47 bits per heavy atom. The van der Waals surface area contributed by atoms with Gasteiger partial charge in [0, 0.05) is 18.4 Å². The molecule has 0 radical (unpaired) electrons. The molecule has 0 heterocycles. The van der Waals surface area contributed by atoms with Crippen molar-refractivity contribution in [3.8, 4) is 16.9 Å². The highest BCUT2D eigenvalue weighted by atomic mass is 16.5. The molecule has 0 saturated heterocycles. The summed E-state index contributed by atoms with van der Waals surface area (Å²) in [6.07, 6.45) is 7.51. The smallest absolute Gasteiger partial charge is 0.273 e. The van der Waals surface area contributed by atoms with Gasteiger partial charge in [0.25, 0.3) is 5.91 Å². The Morgan fingerprint density at radius 1 is 0.868 bits per heavy atom. The second-order valence-electron chi connectivity index (χ2n) is 9.19. The van der Waals surface area contributed by atoms with E-state index in [1.807, 2.05) is 62.4 Å². The van der Waals surface area contributed by atoms with E-state index in [9.17, 15) is 4.79 Å². The summed E-state index contributed by atoms with van der Waals surface area (Å²) in [4.78, 5) is 12.4. The first-order valence-electron chi connectivity index (χ1n) is 13.9. The predicted octanol–water partition coefficient (Wildman–Crippen LogP) is 7.95. The van der Waals surface area contributed by atoms with Crippen molar-refractivity contribution in [2.75, 3.05) is 5.32 Å². The van der Waals surface area contributed by atoms with Gasteiger partial charge < -0.3 is 21.1 Å². The maximum atomic E-state index is 12.4. The van der Waals surface area contributed by atoms with Crippen LogP contribution in [0, 0.1) is 6.92 Å². The highest BCUT2D eigenvalue weighted by Gasteiger charge is 2.10. The van der Waals surface area contributed by atoms with E-state index >= 15 is 0 Å². The second-order valence-corrected chi connectivity index (χ2v) is 9.19. The van der Waals surface area contributed by atoms with Crippen LogP contribution in [0.4, 0.5) is 5.69 Å². The normalized spacial score (nSPS) is 11.7. The number of anilines is 1. The Hall–Kier alpha value is -3.73. The monoisotopic (exact) mass is 515 g/mol. The summed E-state index contributed by atoms with van der Waals surface area (Å²) in [6.45, 7) is 11.1. The van der Waals surface area contributed by atoms with Gasteiger partial charge >= 0.3 is 0 Å². The van der Waals surface area contributed by atoms with Gasteiger partial charge in [-0.2, -0.15) is 0 Å². The fourth-order valence-corrected chi connectivity index (χ4v) is 3.93. The van der Waals surface area contributed by atoms with Crippen LogP contribution < -0.4 is 21.1 Å². The van der Waals surface area contributed by atoms with E-state index in [1.54, 1.807) is 6.20 Å². The van der Waals surface area contributed by atoms with Crippen LogP contribution >= 0.6 is 0 Å². The molecule has 0 bridgehead atoms. The minimum Gasteiger partial charge on any atom is -0.490 e. The molecule has 3 aromatic carbocycles. The van der Waals surface area contributed by atoms with Gasteiger partial charge in [0.05, 0.1) is 6.10 Å². The fourth-order valence-electron chi connectivity index (χ4n) is 3.93. The summed E-state index contributed by atoms with van der Waals surface area (Å²) >= 11 is 0. The molecule has 1 unspecified atom stereocenters. The number of carbonyl (C=O) groups is 1. The van der Waals surface area contributed by atoms with Gasteiger partial charge in [-0.1, -0.05) is 101 Å². The SMILES string of the molecule is CC.CCCCC(CCC)Oc1ccc(-c2ccc(NC(=O)/C(N)=C/NCc3ccc(C)cc3)cc2)cc1. The quantitative estimate of drug-likeness (QED) is 0.202. The number of benzene rings is 3. The second kappa shape index (κ2) is 16.9. The summed E-state index contributed by atoms with van der Waals surface area (Å²) < 4.78 is 6.22. The average Bonchev–Trinajstić information content (AvgIpc) is 2.95. The van der Waals surface area contributed by atoms with Crippen LogP contribution in [0.25, 0.3) is 11.1 Å². The van der Waals surface area contributed by atoms with E-state index in [0.717, 1.165) is 41.7 Å². The summed E-state index contributed by atoms with van der Waals surface area (Å²) in [5, 5.41) is 5.94. The van der Waals surface area contributed by atoms with Crippen LogP contribution in [-0.4, -0.2) is 12.0 Å². The number of nitrogens with one attached hydrogen (secondary N) is 2. The number of ether oxygens (including phenoxy) is 1. The van der Waals surface area contributed by atoms with Crippen LogP contribution in [0.15, 0.2) is 84.7 Å². The van der Waals surface area contributed by atoms with Crippen LogP contribution in [0.3, 0.4) is 0 Å². The minimum atomic E-state index is -0.342. The number of unbranched alkanes of at least 4 members (excludes halogenated alkanes) is 1. The van der Waals surface area contributed by atoms with Crippen molar-refractivity contribution in [1.29, 1.82) is 0 Å². The highest BCUT2D eigenvalue weighted by Crippen LogP contribution is 2.25. The molecule has 3 aromatic rings. The van der Waals surface area contributed by atoms with Crippen molar-refractivity contribution >= 4 is 11.6 Å². The molecule has 0 aliphatic heterocycles. The molecule has 1 amide bonds. The number of hydrogen-bond donors (Lipinski definition) is 3. The maximum Gasteiger partial charge on any atom is 0.273 e. The molecule has 204 valence electrons. The molecule has 0 aliphatic rings.